The van der Waals surface area contributed by atoms with Gasteiger partial charge in [0, 0.05) is 12.3 Å². The zero-order chi connectivity index (χ0) is 12.7. The van der Waals surface area contributed by atoms with Gasteiger partial charge < -0.3 is 0 Å². The summed E-state index contributed by atoms with van der Waals surface area (Å²) in [5.41, 5.74) is 1.88. The second kappa shape index (κ2) is 4.25. The van der Waals surface area contributed by atoms with Crippen molar-refractivity contribution in [1.29, 1.82) is 5.26 Å². The smallest absolute Gasteiger partial charge is 0.170 e. The largest absolute Gasteiger partial charge is 0.282 e. The Kier molecular flexibility index (Phi) is 2.71. The molecule has 3 aromatic heterocycles. The van der Waals surface area contributed by atoms with Crippen LogP contribution in [0.1, 0.15) is 5.56 Å². The molecule has 88 valence electrons. The van der Waals surface area contributed by atoms with Crippen LogP contribution in [0, 0.1) is 11.3 Å². The minimum absolute atomic E-state index is 0.538. The van der Waals surface area contributed by atoms with Crippen LogP contribution in [-0.4, -0.2) is 14.6 Å². The highest BCUT2D eigenvalue weighted by Crippen LogP contribution is 2.37. The average Bonchev–Trinajstić information content (AvgIpc) is 2.91. The monoisotopic (exact) mass is 294 g/mol. The van der Waals surface area contributed by atoms with Gasteiger partial charge in [0.15, 0.2) is 11.5 Å². The fourth-order valence-electron chi connectivity index (χ4n) is 1.64. The topological polar surface area (TPSA) is 54.0 Å². The number of fused-ring (bicyclic) bond motifs is 1. The van der Waals surface area contributed by atoms with Gasteiger partial charge in [-0.3, -0.25) is 4.40 Å². The van der Waals surface area contributed by atoms with Gasteiger partial charge in [-0.1, -0.05) is 23.2 Å². The molecule has 0 aliphatic rings. The predicted molar refractivity (Wildman–Crippen MR) is 71.0 cm³/mol. The van der Waals surface area contributed by atoms with Crippen LogP contribution >= 0.6 is 34.5 Å². The molecule has 0 saturated carbocycles. The van der Waals surface area contributed by atoms with Crippen molar-refractivity contribution in [3.05, 3.63) is 38.6 Å². The van der Waals surface area contributed by atoms with Gasteiger partial charge in [-0.15, -0.1) is 21.5 Å². The van der Waals surface area contributed by atoms with Gasteiger partial charge in [0.05, 0.1) is 21.5 Å². The lowest BCUT2D eigenvalue weighted by Gasteiger charge is -1.97. The molecule has 4 nitrogen and oxygen atoms in total. The highest BCUT2D eigenvalue weighted by atomic mass is 35.5. The molecule has 0 unspecified atom stereocenters. The van der Waals surface area contributed by atoms with Crippen molar-refractivity contribution in [3.8, 4) is 17.5 Å². The minimum atomic E-state index is 0.538. The third-order valence-electron chi connectivity index (χ3n) is 2.44. The Morgan fingerprint density at radius 3 is 2.78 bits per heavy atom. The third kappa shape index (κ3) is 1.75. The summed E-state index contributed by atoms with van der Waals surface area (Å²) in [7, 11) is 0. The Balaban J connectivity index is 2.25. The maximum Gasteiger partial charge on any atom is 0.170 e. The highest BCUT2D eigenvalue weighted by Gasteiger charge is 2.14. The lowest BCUT2D eigenvalue weighted by molar-refractivity contribution is 1.11. The van der Waals surface area contributed by atoms with Gasteiger partial charge in [-0.25, -0.2) is 0 Å². The van der Waals surface area contributed by atoms with Crippen LogP contribution in [0.25, 0.3) is 17.0 Å². The lowest BCUT2D eigenvalue weighted by atomic mass is 10.3. The summed E-state index contributed by atoms with van der Waals surface area (Å²) >= 11 is 13.3. The Morgan fingerprint density at radius 1 is 1.28 bits per heavy atom. The molecule has 3 heterocycles. The van der Waals surface area contributed by atoms with Gasteiger partial charge >= 0.3 is 0 Å². The van der Waals surface area contributed by atoms with Gasteiger partial charge in [-0.2, -0.15) is 5.26 Å². The third-order valence-corrected chi connectivity index (χ3v) is 3.92. The van der Waals surface area contributed by atoms with Crippen LogP contribution in [0.5, 0.6) is 0 Å². The van der Waals surface area contributed by atoms with Gasteiger partial charge in [0.2, 0.25) is 0 Å². The number of aromatic nitrogens is 3. The zero-order valence-corrected chi connectivity index (χ0v) is 11.1. The van der Waals surface area contributed by atoms with E-state index >= 15 is 0 Å². The molecule has 18 heavy (non-hydrogen) atoms. The first-order chi connectivity index (χ1) is 8.69. The van der Waals surface area contributed by atoms with Crippen LogP contribution in [0.2, 0.25) is 8.67 Å². The van der Waals surface area contributed by atoms with Crippen LogP contribution in [0.15, 0.2) is 24.4 Å². The van der Waals surface area contributed by atoms with E-state index in [-0.39, 0.29) is 0 Å². The van der Waals surface area contributed by atoms with Crippen LogP contribution in [-0.2, 0) is 0 Å². The van der Waals surface area contributed by atoms with E-state index in [1.807, 2.05) is 0 Å². The molecule has 0 aromatic carbocycles. The van der Waals surface area contributed by atoms with E-state index in [1.54, 1.807) is 28.8 Å². The van der Waals surface area contributed by atoms with E-state index in [1.165, 1.54) is 11.3 Å². The van der Waals surface area contributed by atoms with Crippen molar-refractivity contribution in [1.82, 2.24) is 14.6 Å². The number of thiophene rings is 1. The molecule has 0 fully saturated rings. The van der Waals surface area contributed by atoms with E-state index in [4.69, 9.17) is 28.5 Å². The maximum atomic E-state index is 8.82. The highest BCUT2D eigenvalue weighted by molar-refractivity contribution is 7.20. The molecule has 0 bridgehead atoms. The second-order valence-corrected chi connectivity index (χ2v) is 5.80. The summed E-state index contributed by atoms with van der Waals surface area (Å²) in [5.74, 6) is 0.614. The second-order valence-electron chi connectivity index (χ2n) is 3.52. The molecule has 0 radical (unpaired) electrons. The van der Waals surface area contributed by atoms with Crippen LogP contribution < -0.4 is 0 Å². The van der Waals surface area contributed by atoms with Crippen LogP contribution in [0.3, 0.4) is 0 Å². The fraction of sp³-hybridized carbons (Fsp3) is 0. The van der Waals surface area contributed by atoms with E-state index in [9.17, 15) is 0 Å². The zero-order valence-electron chi connectivity index (χ0n) is 8.76. The molecule has 0 amide bonds. The summed E-state index contributed by atoms with van der Waals surface area (Å²) in [5, 5.41) is 16.9. The Hall–Kier alpha value is -1.61. The molecule has 0 saturated heterocycles. The molecule has 0 aliphatic carbocycles. The number of hydrogen-bond acceptors (Lipinski definition) is 4. The number of nitrogens with zero attached hydrogens (tertiary/aromatic N) is 4. The van der Waals surface area contributed by atoms with Crippen molar-refractivity contribution in [2.24, 2.45) is 0 Å². The van der Waals surface area contributed by atoms with E-state index in [0.717, 1.165) is 5.56 Å². The lowest BCUT2D eigenvalue weighted by Crippen LogP contribution is -1.89. The fourth-order valence-corrected chi connectivity index (χ4v) is 3.09. The molecular formula is C11H4Cl2N4S. The summed E-state index contributed by atoms with van der Waals surface area (Å²) < 4.78 is 2.93. The molecule has 3 rings (SSSR count). The molecule has 3 aromatic rings. The Morgan fingerprint density at radius 2 is 2.11 bits per heavy atom. The first-order valence-electron chi connectivity index (χ1n) is 4.89. The minimum Gasteiger partial charge on any atom is -0.282 e. The van der Waals surface area contributed by atoms with Gasteiger partial charge in [0.1, 0.15) is 4.34 Å². The molecule has 0 aliphatic heterocycles. The molecule has 0 spiro atoms. The van der Waals surface area contributed by atoms with Crippen molar-refractivity contribution in [2.75, 3.05) is 0 Å². The number of nitriles is 1. The van der Waals surface area contributed by atoms with Crippen molar-refractivity contribution in [3.63, 3.8) is 0 Å². The van der Waals surface area contributed by atoms with Crippen molar-refractivity contribution >= 4 is 40.2 Å². The van der Waals surface area contributed by atoms with Crippen LogP contribution in [0.4, 0.5) is 0 Å². The molecular weight excluding hydrogens is 291 g/mol. The standard InChI is InChI=1S/C11H4Cl2N4S/c12-8-4-7(10(13)18-8)11-16-15-9-3-6(5-14)1-2-17(9)11/h1-4H. The summed E-state index contributed by atoms with van der Waals surface area (Å²) in [6.45, 7) is 0. The Bertz CT molecular complexity index is 784. The SMILES string of the molecule is N#Cc1ccn2c(-c3cc(Cl)sc3Cl)nnc2c1. The van der Waals surface area contributed by atoms with E-state index < -0.39 is 0 Å². The first kappa shape index (κ1) is 11.5. The normalized spacial score (nSPS) is 10.7. The van der Waals surface area contributed by atoms with E-state index in [2.05, 4.69) is 16.3 Å². The predicted octanol–water partition coefficient (Wildman–Crippen LogP) is 3.64. The Labute approximate surface area is 116 Å². The molecule has 0 N–H and O–H groups in total. The summed E-state index contributed by atoms with van der Waals surface area (Å²) in [6, 6.07) is 7.17. The number of rotatable bonds is 1. The number of hydrogen-bond donors (Lipinski definition) is 0. The maximum absolute atomic E-state index is 8.82. The molecule has 7 heteroatoms. The average molecular weight is 295 g/mol. The first-order valence-corrected chi connectivity index (χ1v) is 6.46. The van der Waals surface area contributed by atoms with Crippen molar-refractivity contribution < 1.29 is 0 Å². The number of pyridine rings is 1. The van der Waals surface area contributed by atoms with Gasteiger partial charge in [-0.05, 0) is 12.1 Å². The van der Waals surface area contributed by atoms with Gasteiger partial charge in [0.25, 0.3) is 0 Å². The summed E-state index contributed by atoms with van der Waals surface area (Å²) in [4.78, 5) is 0. The molecule has 0 atom stereocenters. The van der Waals surface area contributed by atoms with E-state index in [0.29, 0.717) is 25.7 Å². The summed E-state index contributed by atoms with van der Waals surface area (Å²) in [6.07, 6.45) is 1.74. The quantitative estimate of drug-likeness (QED) is 0.688. The number of halogens is 2. The van der Waals surface area contributed by atoms with Crippen molar-refractivity contribution in [2.45, 2.75) is 0 Å².